The summed E-state index contributed by atoms with van der Waals surface area (Å²) in [7, 11) is 0. The number of halogens is 1. The summed E-state index contributed by atoms with van der Waals surface area (Å²) in [4.78, 5) is 0. The minimum Gasteiger partial charge on any atom is -0.388 e. The normalized spacial score (nSPS) is 12.9. The minimum atomic E-state index is -0.465. The van der Waals surface area contributed by atoms with Crippen molar-refractivity contribution in [3.63, 3.8) is 0 Å². The van der Waals surface area contributed by atoms with Gasteiger partial charge in [-0.2, -0.15) is 0 Å². The maximum absolute atomic E-state index is 9.49. The zero-order chi connectivity index (χ0) is 8.97. The van der Waals surface area contributed by atoms with Gasteiger partial charge in [-0.3, -0.25) is 0 Å². The van der Waals surface area contributed by atoms with E-state index in [-0.39, 0.29) is 0 Å². The lowest BCUT2D eigenvalue weighted by atomic mass is 10.1. The number of aliphatic hydroxyl groups is 1. The molecule has 3 N–H and O–H groups in total. The molecule has 0 saturated heterocycles. The van der Waals surface area contributed by atoms with E-state index in [1.807, 2.05) is 12.1 Å². The van der Waals surface area contributed by atoms with Crippen LogP contribution >= 0.6 is 11.6 Å². The molecule has 12 heavy (non-hydrogen) atoms. The van der Waals surface area contributed by atoms with Gasteiger partial charge in [0.2, 0.25) is 0 Å². The van der Waals surface area contributed by atoms with Crippen LogP contribution in [0.3, 0.4) is 0 Å². The number of benzene rings is 1. The Balaban J connectivity index is 2.68. The highest BCUT2D eigenvalue weighted by Gasteiger charge is 2.04. The van der Waals surface area contributed by atoms with Crippen molar-refractivity contribution in [1.82, 2.24) is 0 Å². The average Bonchev–Trinajstić information content (AvgIpc) is 2.06. The number of hydrogen-bond donors (Lipinski definition) is 2. The molecule has 1 aromatic carbocycles. The largest absolute Gasteiger partial charge is 0.388 e. The minimum absolute atomic E-state index is 0.465. The van der Waals surface area contributed by atoms with Crippen molar-refractivity contribution in [2.75, 3.05) is 6.54 Å². The van der Waals surface area contributed by atoms with Crippen LogP contribution in [0.1, 0.15) is 18.1 Å². The Morgan fingerprint density at radius 3 is 2.42 bits per heavy atom. The Labute approximate surface area is 77.0 Å². The van der Waals surface area contributed by atoms with E-state index >= 15 is 0 Å². The second-order valence-corrected chi connectivity index (χ2v) is 3.08. The zero-order valence-corrected chi connectivity index (χ0v) is 7.46. The van der Waals surface area contributed by atoms with Crippen LogP contribution in [0, 0.1) is 0 Å². The maximum atomic E-state index is 9.49. The van der Waals surface area contributed by atoms with Crippen LogP contribution in [0.4, 0.5) is 0 Å². The third-order valence-corrected chi connectivity index (χ3v) is 1.95. The average molecular weight is 186 g/mol. The Morgan fingerprint density at radius 2 is 1.92 bits per heavy atom. The van der Waals surface area contributed by atoms with E-state index in [1.54, 1.807) is 12.1 Å². The second kappa shape index (κ2) is 4.45. The summed E-state index contributed by atoms with van der Waals surface area (Å²) >= 11 is 5.69. The van der Waals surface area contributed by atoms with Crippen LogP contribution in [0.25, 0.3) is 0 Å². The highest BCUT2D eigenvalue weighted by molar-refractivity contribution is 6.30. The molecule has 0 aromatic heterocycles. The molecule has 0 fully saturated rings. The zero-order valence-electron chi connectivity index (χ0n) is 6.70. The molecule has 3 heteroatoms. The number of rotatable bonds is 3. The molecule has 66 valence electrons. The fourth-order valence-electron chi connectivity index (χ4n) is 1.01. The predicted molar refractivity (Wildman–Crippen MR) is 50.1 cm³/mol. The molecule has 0 amide bonds. The molecule has 0 bridgehead atoms. The molecular formula is C9H12ClNO. The lowest BCUT2D eigenvalue weighted by Crippen LogP contribution is -2.06. The molecule has 0 aliphatic carbocycles. The Bertz CT molecular complexity index is 235. The summed E-state index contributed by atoms with van der Waals surface area (Å²) in [5.41, 5.74) is 6.18. The molecule has 0 radical (unpaired) electrons. The lowest BCUT2D eigenvalue weighted by Gasteiger charge is -2.08. The van der Waals surface area contributed by atoms with Gasteiger partial charge in [0.05, 0.1) is 6.10 Å². The second-order valence-electron chi connectivity index (χ2n) is 2.64. The molecule has 2 nitrogen and oxygen atoms in total. The summed E-state index contributed by atoms with van der Waals surface area (Å²) in [5, 5.41) is 10.2. The smallest absolute Gasteiger partial charge is 0.0802 e. The molecule has 0 saturated carbocycles. The van der Waals surface area contributed by atoms with Crippen molar-refractivity contribution in [2.24, 2.45) is 5.73 Å². The highest BCUT2D eigenvalue weighted by atomic mass is 35.5. The van der Waals surface area contributed by atoms with Gasteiger partial charge in [0.15, 0.2) is 0 Å². The van der Waals surface area contributed by atoms with Crippen molar-refractivity contribution < 1.29 is 5.11 Å². The first-order chi connectivity index (χ1) is 5.74. The van der Waals surface area contributed by atoms with E-state index in [1.165, 1.54) is 0 Å². The predicted octanol–water partition coefficient (Wildman–Crippen LogP) is 1.72. The fraction of sp³-hybridized carbons (Fsp3) is 0.333. The summed E-state index contributed by atoms with van der Waals surface area (Å²) in [6.45, 7) is 0.490. The van der Waals surface area contributed by atoms with Gasteiger partial charge in [-0.25, -0.2) is 0 Å². The maximum Gasteiger partial charge on any atom is 0.0802 e. The van der Waals surface area contributed by atoms with Crippen molar-refractivity contribution >= 4 is 11.6 Å². The summed E-state index contributed by atoms with van der Waals surface area (Å²) in [6.07, 6.45) is 0.119. The van der Waals surface area contributed by atoms with Crippen LogP contribution in [0.15, 0.2) is 24.3 Å². The van der Waals surface area contributed by atoms with Gasteiger partial charge in [0.1, 0.15) is 0 Å². The quantitative estimate of drug-likeness (QED) is 0.754. The van der Waals surface area contributed by atoms with Gasteiger partial charge >= 0.3 is 0 Å². The topological polar surface area (TPSA) is 46.2 Å². The van der Waals surface area contributed by atoms with Crippen LogP contribution in [0.5, 0.6) is 0 Å². The Kier molecular flexibility index (Phi) is 3.53. The molecule has 1 aromatic rings. The Morgan fingerprint density at radius 1 is 1.33 bits per heavy atom. The van der Waals surface area contributed by atoms with Gasteiger partial charge in [-0.1, -0.05) is 23.7 Å². The van der Waals surface area contributed by atoms with Gasteiger partial charge in [0.25, 0.3) is 0 Å². The number of hydrogen-bond acceptors (Lipinski definition) is 2. The monoisotopic (exact) mass is 185 g/mol. The molecule has 1 unspecified atom stereocenters. The summed E-state index contributed by atoms with van der Waals surface area (Å²) in [5.74, 6) is 0. The van der Waals surface area contributed by atoms with Crippen LogP contribution in [-0.2, 0) is 0 Å². The molecule has 0 aliphatic rings. The number of aliphatic hydroxyl groups excluding tert-OH is 1. The first kappa shape index (κ1) is 9.52. The SMILES string of the molecule is NCCC(O)c1ccc(Cl)cc1. The number of nitrogens with two attached hydrogens (primary N) is 1. The van der Waals surface area contributed by atoms with Gasteiger partial charge in [0, 0.05) is 5.02 Å². The summed E-state index contributed by atoms with van der Waals surface area (Å²) in [6, 6.07) is 7.14. The molecule has 0 aliphatic heterocycles. The Hall–Kier alpha value is -0.570. The van der Waals surface area contributed by atoms with E-state index in [0.29, 0.717) is 18.0 Å². The lowest BCUT2D eigenvalue weighted by molar-refractivity contribution is 0.170. The standard InChI is InChI=1S/C9H12ClNO/c10-8-3-1-7(2-4-8)9(12)5-6-11/h1-4,9,12H,5-6,11H2. The van der Waals surface area contributed by atoms with E-state index in [4.69, 9.17) is 17.3 Å². The van der Waals surface area contributed by atoms with E-state index in [0.717, 1.165) is 5.56 Å². The third-order valence-electron chi connectivity index (χ3n) is 1.69. The molecular weight excluding hydrogens is 174 g/mol. The highest BCUT2D eigenvalue weighted by Crippen LogP contribution is 2.18. The fourth-order valence-corrected chi connectivity index (χ4v) is 1.14. The van der Waals surface area contributed by atoms with E-state index < -0.39 is 6.10 Å². The van der Waals surface area contributed by atoms with Gasteiger partial charge < -0.3 is 10.8 Å². The van der Waals surface area contributed by atoms with Crippen molar-refractivity contribution in [2.45, 2.75) is 12.5 Å². The molecule has 0 spiro atoms. The van der Waals surface area contributed by atoms with E-state index in [9.17, 15) is 5.11 Å². The van der Waals surface area contributed by atoms with Crippen LogP contribution < -0.4 is 5.73 Å². The van der Waals surface area contributed by atoms with Crippen molar-refractivity contribution in [1.29, 1.82) is 0 Å². The molecule has 1 rings (SSSR count). The first-order valence-corrected chi connectivity index (χ1v) is 4.25. The summed E-state index contributed by atoms with van der Waals surface area (Å²) < 4.78 is 0. The van der Waals surface area contributed by atoms with Crippen LogP contribution in [0.2, 0.25) is 5.02 Å². The van der Waals surface area contributed by atoms with Gasteiger partial charge in [-0.15, -0.1) is 0 Å². The van der Waals surface area contributed by atoms with E-state index in [2.05, 4.69) is 0 Å². The van der Waals surface area contributed by atoms with Crippen LogP contribution in [-0.4, -0.2) is 11.7 Å². The third kappa shape index (κ3) is 2.48. The molecule has 0 heterocycles. The molecule has 1 atom stereocenters. The van der Waals surface area contributed by atoms with Gasteiger partial charge in [-0.05, 0) is 30.7 Å². The first-order valence-electron chi connectivity index (χ1n) is 3.87. The van der Waals surface area contributed by atoms with Crippen molar-refractivity contribution in [3.8, 4) is 0 Å². The van der Waals surface area contributed by atoms with Crippen molar-refractivity contribution in [3.05, 3.63) is 34.9 Å².